The molecule has 0 N–H and O–H groups in total. The van der Waals surface area contributed by atoms with E-state index in [2.05, 4.69) is 9.88 Å². The molecule has 8 heteroatoms. The van der Waals surface area contributed by atoms with Gasteiger partial charge in [-0.25, -0.2) is 22.8 Å². The first-order valence-corrected chi connectivity index (χ1v) is 11.5. The van der Waals surface area contributed by atoms with E-state index < -0.39 is 15.1 Å². The molecule has 5 rings (SSSR count). The SMILES string of the molecule is O=S1(=O)Cc2cnc(N3CCCC3)nc2[C@H]2CN(Cc3ccccc3F)C[C@H]21. The van der Waals surface area contributed by atoms with E-state index in [1.807, 2.05) is 11.0 Å². The van der Waals surface area contributed by atoms with Gasteiger partial charge in [0.25, 0.3) is 0 Å². The molecule has 0 spiro atoms. The molecule has 2 fully saturated rings. The molecule has 0 aliphatic carbocycles. The molecular formula is C20H23FN4O2S. The molecule has 2 saturated heterocycles. The Bertz CT molecular complexity index is 1010. The first kappa shape index (κ1) is 18.0. The lowest BCUT2D eigenvalue weighted by Crippen LogP contribution is -2.35. The molecule has 0 saturated carbocycles. The van der Waals surface area contributed by atoms with Crippen LogP contribution in [0.4, 0.5) is 10.3 Å². The first-order chi connectivity index (χ1) is 13.5. The summed E-state index contributed by atoms with van der Waals surface area (Å²) >= 11 is 0. The smallest absolute Gasteiger partial charge is 0.225 e. The number of halogens is 1. The molecule has 1 aromatic heterocycles. The van der Waals surface area contributed by atoms with Crippen LogP contribution in [0, 0.1) is 5.82 Å². The van der Waals surface area contributed by atoms with Crippen molar-refractivity contribution in [2.75, 3.05) is 31.1 Å². The zero-order valence-electron chi connectivity index (χ0n) is 15.6. The highest BCUT2D eigenvalue weighted by atomic mass is 32.2. The predicted molar refractivity (Wildman–Crippen MR) is 104 cm³/mol. The maximum absolute atomic E-state index is 14.1. The van der Waals surface area contributed by atoms with Crippen molar-refractivity contribution in [2.24, 2.45) is 0 Å². The third-order valence-corrected chi connectivity index (χ3v) is 8.25. The lowest BCUT2D eigenvalue weighted by atomic mass is 10.00. The summed E-state index contributed by atoms with van der Waals surface area (Å²) in [7, 11) is -3.27. The van der Waals surface area contributed by atoms with Crippen molar-refractivity contribution in [3.05, 3.63) is 53.1 Å². The summed E-state index contributed by atoms with van der Waals surface area (Å²) in [5.74, 6) is 0.281. The first-order valence-electron chi connectivity index (χ1n) is 9.79. The van der Waals surface area contributed by atoms with E-state index in [-0.39, 0.29) is 17.5 Å². The monoisotopic (exact) mass is 402 g/mol. The van der Waals surface area contributed by atoms with Gasteiger partial charge < -0.3 is 4.90 Å². The van der Waals surface area contributed by atoms with Gasteiger partial charge in [-0.3, -0.25) is 4.90 Å². The predicted octanol–water partition coefficient (Wildman–Crippen LogP) is 2.11. The summed E-state index contributed by atoms with van der Waals surface area (Å²) < 4.78 is 39.8. The van der Waals surface area contributed by atoms with E-state index in [1.54, 1.807) is 18.3 Å². The lowest BCUT2D eigenvalue weighted by Gasteiger charge is -2.27. The standard InChI is InChI=1S/C20H23FN4O2S/c21-17-6-2-1-5-14(17)10-24-11-16-18(12-24)28(26,27)13-15-9-22-20(23-19(15)16)25-7-3-4-8-25/h1-2,5-6,9,16,18H,3-4,7-8,10-13H2/t16-,18+/m0/s1. The number of nitrogens with zero attached hydrogens (tertiary/aromatic N) is 4. The zero-order chi connectivity index (χ0) is 19.3. The molecule has 1 aromatic carbocycles. The summed E-state index contributed by atoms with van der Waals surface area (Å²) in [5.41, 5.74) is 2.18. The second-order valence-corrected chi connectivity index (χ2v) is 10.2. The van der Waals surface area contributed by atoms with Crippen molar-refractivity contribution in [3.8, 4) is 0 Å². The van der Waals surface area contributed by atoms with Crippen LogP contribution in [-0.4, -0.2) is 54.7 Å². The largest absolute Gasteiger partial charge is 0.341 e. The van der Waals surface area contributed by atoms with Gasteiger partial charge in [0.05, 0.1) is 16.7 Å². The minimum atomic E-state index is -3.27. The number of aromatic nitrogens is 2. The van der Waals surface area contributed by atoms with Crippen LogP contribution in [0.25, 0.3) is 0 Å². The number of fused-ring (bicyclic) bond motifs is 3. The Hall–Kier alpha value is -2.06. The fourth-order valence-corrected chi connectivity index (χ4v) is 6.73. The highest BCUT2D eigenvalue weighted by Gasteiger charge is 2.47. The van der Waals surface area contributed by atoms with Gasteiger partial charge in [0.15, 0.2) is 9.84 Å². The molecule has 0 bridgehead atoms. The quantitative estimate of drug-likeness (QED) is 0.784. The molecule has 2 atom stereocenters. The number of hydrogen-bond acceptors (Lipinski definition) is 6. The van der Waals surface area contributed by atoms with E-state index in [9.17, 15) is 12.8 Å². The maximum Gasteiger partial charge on any atom is 0.225 e. The second kappa shape index (κ2) is 6.77. The average molecular weight is 402 g/mol. The molecule has 0 amide bonds. The Morgan fingerprint density at radius 2 is 1.93 bits per heavy atom. The fourth-order valence-electron chi connectivity index (χ4n) is 4.71. The Morgan fingerprint density at radius 3 is 2.71 bits per heavy atom. The van der Waals surface area contributed by atoms with Crippen LogP contribution in [0.15, 0.2) is 30.5 Å². The number of rotatable bonds is 3. The normalized spacial score (nSPS) is 26.2. The fraction of sp³-hybridized carbons (Fsp3) is 0.500. The van der Waals surface area contributed by atoms with Gasteiger partial charge in [-0.15, -0.1) is 0 Å². The van der Waals surface area contributed by atoms with Gasteiger partial charge in [-0.2, -0.15) is 0 Å². The van der Waals surface area contributed by atoms with E-state index in [0.717, 1.165) is 37.2 Å². The third-order valence-electron chi connectivity index (χ3n) is 6.14. The van der Waals surface area contributed by atoms with Crippen LogP contribution >= 0.6 is 0 Å². The molecule has 3 aliphatic heterocycles. The molecule has 4 heterocycles. The number of anilines is 1. The molecule has 0 unspecified atom stereocenters. The highest BCUT2D eigenvalue weighted by molar-refractivity contribution is 7.91. The van der Waals surface area contributed by atoms with E-state index in [0.29, 0.717) is 31.1 Å². The molecular weight excluding hydrogens is 379 g/mol. The molecule has 2 aromatic rings. The van der Waals surface area contributed by atoms with Crippen molar-refractivity contribution in [1.29, 1.82) is 0 Å². The van der Waals surface area contributed by atoms with Gasteiger partial charge in [0.1, 0.15) is 5.82 Å². The minimum Gasteiger partial charge on any atom is -0.341 e. The Labute approximate surface area is 164 Å². The third kappa shape index (κ3) is 3.08. The van der Waals surface area contributed by atoms with Crippen molar-refractivity contribution in [3.63, 3.8) is 0 Å². The van der Waals surface area contributed by atoms with Crippen LogP contribution in [0.2, 0.25) is 0 Å². The van der Waals surface area contributed by atoms with Gasteiger partial charge in [0.2, 0.25) is 5.95 Å². The van der Waals surface area contributed by atoms with Gasteiger partial charge >= 0.3 is 0 Å². The van der Waals surface area contributed by atoms with Crippen LogP contribution in [-0.2, 0) is 22.1 Å². The number of benzene rings is 1. The number of sulfone groups is 1. The Balaban J connectivity index is 1.46. The molecule has 3 aliphatic rings. The van der Waals surface area contributed by atoms with Crippen LogP contribution in [0.1, 0.15) is 35.6 Å². The molecule has 28 heavy (non-hydrogen) atoms. The van der Waals surface area contributed by atoms with Crippen molar-refractivity contribution in [1.82, 2.24) is 14.9 Å². The van der Waals surface area contributed by atoms with Crippen molar-refractivity contribution < 1.29 is 12.8 Å². The number of hydrogen-bond donors (Lipinski definition) is 0. The summed E-state index contributed by atoms with van der Waals surface area (Å²) in [5, 5.41) is -0.479. The topological polar surface area (TPSA) is 66.4 Å². The van der Waals surface area contributed by atoms with Crippen molar-refractivity contribution >= 4 is 15.8 Å². The second-order valence-electron chi connectivity index (χ2n) is 8.01. The summed E-state index contributed by atoms with van der Waals surface area (Å²) in [6, 6.07) is 6.68. The summed E-state index contributed by atoms with van der Waals surface area (Å²) in [6.45, 7) is 3.30. The maximum atomic E-state index is 14.1. The summed E-state index contributed by atoms with van der Waals surface area (Å²) in [4.78, 5) is 13.5. The van der Waals surface area contributed by atoms with Crippen LogP contribution in [0.3, 0.4) is 0 Å². The van der Waals surface area contributed by atoms with E-state index in [1.165, 1.54) is 6.07 Å². The van der Waals surface area contributed by atoms with E-state index >= 15 is 0 Å². The lowest BCUT2D eigenvalue weighted by molar-refractivity contribution is 0.321. The molecule has 6 nitrogen and oxygen atoms in total. The van der Waals surface area contributed by atoms with Gasteiger partial charge in [-0.1, -0.05) is 18.2 Å². The van der Waals surface area contributed by atoms with Crippen molar-refractivity contribution in [2.45, 2.75) is 36.3 Å². The van der Waals surface area contributed by atoms with E-state index in [4.69, 9.17) is 4.98 Å². The highest BCUT2D eigenvalue weighted by Crippen LogP contribution is 2.40. The molecule has 0 radical (unpaired) electrons. The average Bonchev–Trinajstić information content (AvgIpc) is 3.34. The minimum absolute atomic E-state index is 0.00266. The number of likely N-dealkylation sites (tertiary alicyclic amines) is 1. The van der Waals surface area contributed by atoms with Crippen LogP contribution < -0.4 is 4.90 Å². The Kier molecular flexibility index (Phi) is 4.35. The van der Waals surface area contributed by atoms with Gasteiger partial charge in [-0.05, 0) is 18.9 Å². The zero-order valence-corrected chi connectivity index (χ0v) is 16.4. The Morgan fingerprint density at radius 1 is 1.14 bits per heavy atom. The van der Waals surface area contributed by atoms with Crippen LogP contribution in [0.5, 0.6) is 0 Å². The summed E-state index contributed by atoms with van der Waals surface area (Å²) in [6.07, 6.45) is 3.97. The van der Waals surface area contributed by atoms with Gasteiger partial charge in [0, 0.05) is 56.0 Å². The molecule has 148 valence electrons.